The summed E-state index contributed by atoms with van der Waals surface area (Å²) < 4.78 is 3.08. The third kappa shape index (κ3) is 2.32. The molecule has 1 aromatic carbocycles. The van der Waals surface area contributed by atoms with Gasteiger partial charge in [-0.15, -0.1) is 0 Å². The summed E-state index contributed by atoms with van der Waals surface area (Å²) in [5, 5.41) is 0. The second-order valence-corrected chi connectivity index (χ2v) is 5.46. The maximum absolute atomic E-state index is 5.76. The maximum atomic E-state index is 5.76. The molecule has 5 heteroatoms. The van der Waals surface area contributed by atoms with Crippen LogP contribution in [0.5, 0.6) is 0 Å². The van der Waals surface area contributed by atoms with Gasteiger partial charge in [0.05, 0.1) is 23.9 Å². The van der Waals surface area contributed by atoms with Crippen molar-refractivity contribution in [3.63, 3.8) is 0 Å². The van der Waals surface area contributed by atoms with Crippen molar-refractivity contribution in [1.29, 1.82) is 0 Å². The summed E-state index contributed by atoms with van der Waals surface area (Å²) in [6.07, 6.45) is 5.34. The first-order valence-corrected chi connectivity index (χ1v) is 6.95. The van der Waals surface area contributed by atoms with Crippen molar-refractivity contribution in [1.82, 2.24) is 14.5 Å². The molecule has 0 fully saturated rings. The summed E-state index contributed by atoms with van der Waals surface area (Å²) in [4.78, 5) is 8.29. The summed E-state index contributed by atoms with van der Waals surface area (Å²) >= 11 is 3.51. The van der Waals surface area contributed by atoms with Crippen molar-refractivity contribution in [2.75, 3.05) is 5.73 Å². The smallest absolute Gasteiger partial charge is 0.123 e. The quantitative estimate of drug-likeness (QED) is 0.782. The summed E-state index contributed by atoms with van der Waals surface area (Å²) in [5.74, 6) is 0.501. The van der Waals surface area contributed by atoms with Gasteiger partial charge in [0.15, 0.2) is 0 Å². The molecule has 4 nitrogen and oxygen atoms in total. The van der Waals surface area contributed by atoms with Crippen LogP contribution in [0.15, 0.2) is 53.5 Å². The summed E-state index contributed by atoms with van der Waals surface area (Å²) in [5.41, 5.74) is 10.0. The van der Waals surface area contributed by atoms with E-state index in [0.29, 0.717) is 5.82 Å². The van der Waals surface area contributed by atoms with Crippen LogP contribution in [0.4, 0.5) is 5.82 Å². The first-order valence-electron chi connectivity index (χ1n) is 6.16. The highest BCUT2D eigenvalue weighted by Gasteiger charge is 2.10. The van der Waals surface area contributed by atoms with Gasteiger partial charge in [-0.1, -0.05) is 22.0 Å². The lowest BCUT2D eigenvalue weighted by Crippen LogP contribution is -1.99. The van der Waals surface area contributed by atoms with Gasteiger partial charge in [-0.25, -0.2) is 9.97 Å². The molecule has 0 aliphatic rings. The van der Waals surface area contributed by atoms with E-state index in [9.17, 15) is 0 Å². The number of nitrogen functional groups attached to an aromatic ring is 1. The Morgan fingerprint density at radius 2 is 2.05 bits per heavy atom. The number of halogens is 1. The highest BCUT2D eigenvalue weighted by atomic mass is 79.9. The minimum absolute atomic E-state index is 0.501. The van der Waals surface area contributed by atoms with E-state index in [2.05, 4.69) is 49.5 Å². The zero-order chi connectivity index (χ0) is 14.1. The molecule has 20 heavy (non-hydrogen) atoms. The van der Waals surface area contributed by atoms with Crippen molar-refractivity contribution in [3.05, 3.63) is 59.1 Å². The van der Waals surface area contributed by atoms with Crippen LogP contribution in [0.25, 0.3) is 16.9 Å². The van der Waals surface area contributed by atoms with Crippen LogP contribution >= 0.6 is 15.9 Å². The number of anilines is 1. The third-order valence-corrected chi connectivity index (χ3v) is 3.64. The average molecular weight is 329 g/mol. The van der Waals surface area contributed by atoms with Crippen molar-refractivity contribution < 1.29 is 0 Å². The Balaban J connectivity index is 2.18. The molecule has 2 heterocycles. The average Bonchev–Trinajstić information content (AvgIpc) is 2.90. The van der Waals surface area contributed by atoms with Crippen LogP contribution < -0.4 is 5.73 Å². The fourth-order valence-corrected chi connectivity index (χ4v) is 2.50. The minimum Gasteiger partial charge on any atom is -0.384 e. The van der Waals surface area contributed by atoms with E-state index >= 15 is 0 Å². The number of hydrogen-bond donors (Lipinski definition) is 1. The van der Waals surface area contributed by atoms with E-state index in [1.807, 2.05) is 24.4 Å². The van der Waals surface area contributed by atoms with Crippen LogP contribution in [0.1, 0.15) is 5.56 Å². The molecule has 0 amide bonds. The molecule has 0 saturated heterocycles. The van der Waals surface area contributed by atoms with Crippen LogP contribution in [0, 0.1) is 6.92 Å². The van der Waals surface area contributed by atoms with E-state index in [4.69, 9.17) is 5.73 Å². The van der Waals surface area contributed by atoms with Gasteiger partial charge in [0, 0.05) is 16.2 Å². The SMILES string of the molecule is Cc1ccc(Br)cc1-n1cncc1-c1ccnc(N)c1. The zero-order valence-electron chi connectivity index (χ0n) is 10.9. The van der Waals surface area contributed by atoms with Gasteiger partial charge in [0.1, 0.15) is 5.82 Å². The van der Waals surface area contributed by atoms with Gasteiger partial charge in [-0.2, -0.15) is 0 Å². The molecule has 0 aliphatic heterocycles. The van der Waals surface area contributed by atoms with Crippen LogP contribution in [-0.2, 0) is 0 Å². The first-order chi connectivity index (χ1) is 9.65. The molecular formula is C15H13BrN4. The molecule has 0 aliphatic carbocycles. The van der Waals surface area contributed by atoms with E-state index in [1.165, 1.54) is 5.56 Å². The molecule has 0 spiro atoms. The lowest BCUT2D eigenvalue weighted by Gasteiger charge is -2.12. The number of hydrogen-bond acceptors (Lipinski definition) is 3. The predicted octanol–water partition coefficient (Wildman–Crippen LogP) is 3.59. The number of nitrogens with two attached hydrogens (primary N) is 1. The van der Waals surface area contributed by atoms with Crippen LogP contribution in [0.3, 0.4) is 0 Å². The van der Waals surface area contributed by atoms with Crippen LogP contribution in [-0.4, -0.2) is 14.5 Å². The Labute approximate surface area is 125 Å². The minimum atomic E-state index is 0.501. The largest absolute Gasteiger partial charge is 0.384 e. The number of rotatable bonds is 2. The van der Waals surface area contributed by atoms with E-state index < -0.39 is 0 Å². The van der Waals surface area contributed by atoms with Gasteiger partial charge >= 0.3 is 0 Å². The molecule has 3 aromatic rings. The standard InChI is InChI=1S/C15H13BrN4/c1-10-2-3-12(16)7-13(10)20-9-18-8-14(20)11-4-5-19-15(17)6-11/h2-9H,1H3,(H2,17,19). The Bertz CT molecular complexity index is 764. The number of imidazole rings is 1. The number of aryl methyl sites for hydroxylation is 1. The molecule has 0 bridgehead atoms. The van der Waals surface area contributed by atoms with Gasteiger partial charge in [0.25, 0.3) is 0 Å². The van der Waals surface area contributed by atoms with Gasteiger partial charge in [-0.05, 0) is 36.8 Å². The molecule has 2 N–H and O–H groups in total. The Hall–Kier alpha value is -2.14. The number of aromatic nitrogens is 3. The molecular weight excluding hydrogens is 316 g/mol. The molecule has 3 rings (SSSR count). The van der Waals surface area contributed by atoms with E-state index in [1.54, 1.807) is 12.5 Å². The topological polar surface area (TPSA) is 56.7 Å². The highest BCUT2D eigenvalue weighted by Crippen LogP contribution is 2.26. The van der Waals surface area contributed by atoms with Crippen molar-refractivity contribution in [2.24, 2.45) is 0 Å². The molecule has 0 atom stereocenters. The number of benzene rings is 1. The first kappa shape index (κ1) is 12.9. The molecule has 0 saturated carbocycles. The van der Waals surface area contributed by atoms with Gasteiger partial charge in [0.2, 0.25) is 0 Å². The summed E-state index contributed by atoms with van der Waals surface area (Å²) in [6.45, 7) is 2.08. The second kappa shape index (κ2) is 5.09. The Kier molecular flexibility index (Phi) is 3.28. The Morgan fingerprint density at radius 1 is 1.20 bits per heavy atom. The van der Waals surface area contributed by atoms with Crippen molar-refractivity contribution in [3.8, 4) is 16.9 Å². The van der Waals surface area contributed by atoms with Crippen LogP contribution in [0.2, 0.25) is 0 Å². The number of pyridine rings is 1. The zero-order valence-corrected chi connectivity index (χ0v) is 12.5. The monoisotopic (exact) mass is 328 g/mol. The molecule has 0 radical (unpaired) electrons. The van der Waals surface area contributed by atoms with E-state index in [-0.39, 0.29) is 0 Å². The van der Waals surface area contributed by atoms with Crippen molar-refractivity contribution >= 4 is 21.7 Å². The normalized spacial score (nSPS) is 10.7. The van der Waals surface area contributed by atoms with Gasteiger partial charge < -0.3 is 5.73 Å². The molecule has 2 aromatic heterocycles. The summed E-state index contributed by atoms with van der Waals surface area (Å²) in [7, 11) is 0. The fraction of sp³-hybridized carbons (Fsp3) is 0.0667. The number of nitrogens with zero attached hydrogens (tertiary/aromatic N) is 3. The Morgan fingerprint density at radius 3 is 2.85 bits per heavy atom. The second-order valence-electron chi connectivity index (χ2n) is 4.55. The molecule has 0 unspecified atom stereocenters. The lowest BCUT2D eigenvalue weighted by molar-refractivity contribution is 1.04. The molecule has 100 valence electrons. The van der Waals surface area contributed by atoms with Gasteiger partial charge in [-0.3, -0.25) is 4.57 Å². The highest BCUT2D eigenvalue weighted by molar-refractivity contribution is 9.10. The maximum Gasteiger partial charge on any atom is 0.123 e. The lowest BCUT2D eigenvalue weighted by atomic mass is 10.1. The fourth-order valence-electron chi connectivity index (χ4n) is 2.15. The third-order valence-electron chi connectivity index (χ3n) is 3.15. The van der Waals surface area contributed by atoms with E-state index in [0.717, 1.165) is 21.4 Å². The van der Waals surface area contributed by atoms with Crippen molar-refractivity contribution in [2.45, 2.75) is 6.92 Å². The predicted molar refractivity (Wildman–Crippen MR) is 83.6 cm³/mol. The summed E-state index contributed by atoms with van der Waals surface area (Å²) in [6, 6.07) is 9.95.